The Labute approximate surface area is 116 Å². The number of carboxylic acids is 2. The van der Waals surface area contributed by atoms with Crippen molar-refractivity contribution in [3.63, 3.8) is 0 Å². The standard InChI is InChI=1S/C7H12O4.C5H6O4/c1-2-11-5-3-4-6(8)7(9)10;1-3(5(7)8)9-4(2)6/h2-5H2,1H3,(H,9,10);1H2,2H3,(H,7,8). The molecule has 0 amide bonds. The SMILES string of the molecule is C=C(OC(C)=O)C(=O)O.CCOCCCC(=O)C(=O)O. The Kier molecular flexibility index (Phi) is 11.9. The van der Waals surface area contributed by atoms with E-state index in [0.29, 0.717) is 19.6 Å². The maximum Gasteiger partial charge on any atom is 0.372 e. The van der Waals surface area contributed by atoms with Crippen molar-refractivity contribution in [2.75, 3.05) is 13.2 Å². The van der Waals surface area contributed by atoms with Gasteiger partial charge in [-0.3, -0.25) is 9.59 Å². The van der Waals surface area contributed by atoms with Crippen molar-refractivity contribution < 1.29 is 38.9 Å². The molecule has 0 aromatic rings. The molecule has 0 aliphatic rings. The molecule has 8 nitrogen and oxygen atoms in total. The molecule has 0 rings (SSSR count). The Balaban J connectivity index is 0. The first kappa shape index (κ1) is 20.1. The largest absolute Gasteiger partial charge is 0.476 e. The van der Waals surface area contributed by atoms with Gasteiger partial charge in [0.1, 0.15) is 0 Å². The molecular weight excluding hydrogens is 272 g/mol. The van der Waals surface area contributed by atoms with Crippen molar-refractivity contribution in [1.82, 2.24) is 0 Å². The number of carboxylic acid groups (broad SMARTS) is 2. The quantitative estimate of drug-likeness (QED) is 0.219. The Morgan fingerprint density at radius 3 is 1.95 bits per heavy atom. The fraction of sp³-hybridized carbons (Fsp3) is 0.500. The van der Waals surface area contributed by atoms with Crippen LogP contribution in [0.2, 0.25) is 0 Å². The molecule has 0 unspecified atom stereocenters. The summed E-state index contributed by atoms with van der Waals surface area (Å²) in [7, 11) is 0. The first-order valence-electron chi connectivity index (χ1n) is 5.66. The lowest BCUT2D eigenvalue weighted by molar-refractivity contribution is -0.149. The third-order valence-corrected chi connectivity index (χ3v) is 1.64. The summed E-state index contributed by atoms with van der Waals surface area (Å²) < 4.78 is 9.00. The number of esters is 1. The van der Waals surface area contributed by atoms with Gasteiger partial charge in [0, 0.05) is 26.6 Å². The smallest absolute Gasteiger partial charge is 0.372 e. The van der Waals surface area contributed by atoms with E-state index in [0.717, 1.165) is 6.92 Å². The van der Waals surface area contributed by atoms with E-state index >= 15 is 0 Å². The number of carbonyl (C=O) groups is 4. The maximum absolute atomic E-state index is 10.5. The number of hydrogen-bond donors (Lipinski definition) is 2. The van der Waals surface area contributed by atoms with Crippen LogP contribution in [0.5, 0.6) is 0 Å². The number of aliphatic carboxylic acids is 2. The molecule has 2 N–H and O–H groups in total. The molecular formula is C12H18O8. The minimum atomic E-state index is -1.36. The molecule has 8 heteroatoms. The summed E-state index contributed by atoms with van der Waals surface area (Å²) in [5.41, 5.74) is 0. The molecule has 0 aromatic heterocycles. The first-order valence-corrected chi connectivity index (χ1v) is 5.66. The number of ketones is 1. The van der Waals surface area contributed by atoms with Crippen LogP contribution < -0.4 is 0 Å². The molecule has 0 atom stereocenters. The number of rotatable bonds is 8. The monoisotopic (exact) mass is 290 g/mol. The zero-order valence-corrected chi connectivity index (χ0v) is 11.4. The van der Waals surface area contributed by atoms with E-state index in [1.54, 1.807) is 0 Å². The van der Waals surface area contributed by atoms with Gasteiger partial charge in [0.25, 0.3) is 0 Å². The zero-order valence-electron chi connectivity index (χ0n) is 11.4. The number of carbonyl (C=O) groups excluding carboxylic acids is 2. The highest BCUT2D eigenvalue weighted by Gasteiger charge is 2.09. The van der Waals surface area contributed by atoms with Gasteiger partial charge >= 0.3 is 17.9 Å². The van der Waals surface area contributed by atoms with Crippen LogP contribution in [0.15, 0.2) is 12.3 Å². The van der Waals surface area contributed by atoms with E-state index in [-0.39, 0.29) is 6.42 Å². The van der Waals surface area contributed by atoms with Crippen LogP contribution in [0.1, 0.15) is 26.7 Å². The lowest BCUT2D eigenvalue weighted by Gasteiger charge is -1.97. The molecule has 0 radical (unpaired) electrons. The van der Waals surface area contributed by atoms with Crippen molar-refractivity contribution in [3.05, 3.63) is 12.3 Å². The van der Waals surface area contributed by atoms with E-state index in [1.165, 1.54) is 0 Å². The van der Waals surface area contributed by atoms with Gasteiger partial charge in [-0.05, 0) is 19.9 Å². The van der Waals surface area contributed by atoms with Gasteiger partial charge in [0.15, 0.2) is 0 Å². The molecule has 20 heavy (non-hydrogen) atoms. The second-order valence-electron chi connectivity index (χ2n) is 3.35. The van der Waals surface area contributed by atoms with Gasteiger partial charge in [-0.1, -0.05) is 0 Å². The Morgan fingerprint density at radius 1 is 1.10 bits per heavy atom. The average Bonchev–Trinajstić information content (AvgIpc) is 2.34. The molecule has 0 aliphatic heterocycles. The third-order valence-electron chi connectivity index (χ3n) is 1.64. The predicted octanol–water partition coefficient (Wildman–Crippen LogP) is 0.605. The van der Waals surface area contributed by atoms with Gasteiger partial charge in [0.2, 0.25) is 11.5 Å². The minimum absolute atomic E-state index is 0.0648. The predicted molar refractivity (Wildman–Crippen MR) is 66.9 cm³/mol. The minimum Gasteiger partial charge on any atom is -0.476 e. The number of hydrogen-bond acceptors (Lipinski definition) is 6. The molecule has 0 bridgehead atoms. The van der Waals surface area contributed by atoms with E-state index in [2.05, 4.69) is 11.3 Å². The summed E-state index contributed by atoms with van der Waals surface area (Å²) in [4.78, 5) is 40.3. The summed E-state index contributed by atoms with van der Waals surface area (Å²) in [6, 6.07) is 0. The fourth-order valence-corrected chi connectivity index (χ4v) is 0.803. The lowest BCUT2D eigenvalue weighted by Crippen LogP contribution is -2.12. The first-order chi connectivity index (χ1) is 9.22. The van der Waals surface area contributed by atoms with Crippen LogP contribution in [0.4, 0.5) is 0 Å². The molecule has 0 aliphatic carbocycles. The van der Waals surface area contributed by atoms with Gasteiger partial charge < -0.3 is 19.7 Å². The topological polar surface area (TPSA) is 127 Å². The van der Waals surface area contributed by atoms with Crippen LogP contribution in [0.25, 0.3) is 0 Å². The average molecular weight is 290 g/mol. The molecule has 114 valence electrons. The molecule has 0 spiro atoms. The van der Waals surface area contributed by atoms with Crippen LogP contribution in [-0.4, -0.2) is 47.1 Å². The fourth-order valence-electron chi connectivity index (χ4n) is 0.803. The second kappa shape index (κ2) is 11.8. The van der Waals surface area contributed by atoms with Crippen LogP contribution in [0, 0.1) is 0 Å². The third kappa shape index (κ3) is 13.8. The Hall–Kier alpha value is -2.22. The van der Waals surface area contributed by atoms with Gasteiger partial charge in [-0.2, -0.15) is 0 Å². The van der Waals surface area contributed by atoms with Gasteiger partial charge in [0.05, 0.1) is 0 Å². The summed E-state index contributed by atoms with van der Waals surface area (Å²) >= 11 is 0. The highest BCUT2D eigenvalue weighted by Crippen LogP contribution is 1.92. The molecule has 0 aromatic carbocycles. The van der Waals surface area contributed by atoms with E-state index in [1.807, 2.05) is 6.92 Å². The molecule has 0 fully saturated rings. The molecule has 0 saturated heterocycles. The van der Waals surface area contributed by atoms with Gasteiger partial charge in [-0.25, -0.2) is 9.59 Å². The lowest BCUT2D eigenvalue weighted by atomic mass is 10.2. The van der Waals surface area contributed by atoms with Crippen molar-refractivity contribution >= 4 is 23.7 Å². The summed E-state index contributed by atoms with van der Waals surface area (Å²) in [5.74, 6) is -4.67. The zero-order chi connectivity index (χ0) is 16.1. The van der Waals surface area contributed by atoms with E-state index in [9.17, 15) is 19.2 Å². The molecule has 0 saturated carbocycles. The van der Waals surface area contributed by atoms with Crippen LogP contribution in [0.3, 0.4) is 0 Å². The second-order valence-corrected chi connectivity index (χ2v) is 3.35. The maximum atomic E-state index is 10.5. The Morgan fingerprint density at radius 2 is 1.65 bits per heavy atom. The van der Waals surface area contributed by atoms with Crippen molar-refractivity contribution in [1.29, 1.82) is 0 Å². The summed E-state index contributed by atoms with van der Waals surface area (Å²) in [6.07, 6.45) is 0.550. The highest BCUT2D eigenvalue weighted by molar-refractivity contribution is 6.32. The van der Waals surface area contributed by atoms with Crippen LogP contribution >= 0.6 is 0 Å². The Bertz CT molecular complexity index is 372. The highest BCUT2D eigenvalue weighted by atomic mass is 16.6. The van der Waals surface area contributed by atoms with Crippen molar-refractivity contribution in [2.45, 2.75) is 26.7 Å². The van der Waals surface area contributed by atoms with Crippen molar-refractivity contribution in [3.8, 4) is 0 Å². The van der Waals surface area contributed by atoms with Gasteiger partial charge in [-0.15, -0.1) is 0 Å². The summed E-state index contributed by atoms with van der Waals surface area (Å²) in [6.45, 7) is 6.96. The van der Waals surface area contributed by atoms with E-state index in [4.69, 9.17) is 14.9 Å². The van der Waals surface area contributed by atoms with Crippen molar-refractivity contribution in [2.24, 2.45) is 0 Å². The van der Waals surface area contributed by atoms with E-state index < -0.39 is 29.5 Å². The van der Waals surface area contributed by atoms with Crippen LogP contribution in [-0.2, 0) is 28.7 Å². The summed E-state index contributed by atoms with van der Waals surface area (Å²) in [5, 5.41) is 16.2. The molecule has 0 heterocycles. The number of ether oxygens (including phenoxy) is 2. The number of Topliss-reactive ketones (excluding diaryl/α,β-unsaturated/α-hetero) is 1. The normalized spacial score (nSPS) is 8.90.